The monoisotopic (exact) mass is 263 g/mol. The molecule has 3 heteroatoms. The van der Waals surface area contributed by atoms with Crippen molar-refractivity contribution in [2.45, 2.75) is 46.0 Å². The summed E-state index contributed by atoms with van der Waals surface area (Å²) in [5.41, 5.74) is 1.70. The van der Waals surface area contributed by atoms with Gasteiger partial charge in [0.2, 0.25) is 0 Å². The molecule has 0 spiro atoms. The maximum absolute atomic E-state index is 4.67. The van der Waals surface area contributed by atoms with Crippen LogP contribution < -0.4 is 5.32 Å². The topological polar surface area (TPSA) is 29.9 Å². The van der Waals surface area contributed by atoms with E-state index in [9.17, 15) is 0 Å². The lowest BCUT2D eigenvalue weighted by Gasteiger charge is -2.41. The van der Waals surface area contributed by atoms with Crippen LogP contribution in [-0.2, 0) is 7.05 Å². The molecule has 1 heterocycles. The van der Waals surface area contributed by atoms with E-state index in [0.717, 1.165) is 18.4 Å². The van der Waals surface area contributed by atoms with Crippen molar-refractivity contribution in [2.24, 2.45) is 24.3 Å². The van der Waals surface area contributed by atoms with Gasteiger partial charge in [-0.25, -0.2) is 0 Å². The third-order valence-corrected chi connectivity index (χ3v) is 4.80. The van der Waals surface area contributed by atoms with Crippen LogP contribution >= 0.6 is 0 Å². The van der Waals surface area contributed by atoms with E-state index in [4.69, 9.17) is 0 Å². The van der Waals surface area contributed by atoms with Crippen LogP contribution in [0.4, 0.5) is 0 Å². The molecule has 0 aromatic carbocycles. The normalized spacial score (nSPS) is 28.6. The predicted molar refractivity (Wildman–Crippen MR) is 80.2 cm³/mol. The maximum atomic E-state index is 4.67. The summed E-state index contributed by atoms with van der Waals surface area (Å²) in [7, 11) is 4.08. The van der Waals surface area contributed by atoms with E-state index in [0.29, 0.717) is 11.3 Å². The Labute approximate surface area is 117 Å². The molecule has 1 aromatic rings. The highest BCUT2D eigenvalue weighted by Crippen LogP contribution is 2.46. The first-order chi connectivity index (χ1) is 8.91. The summed E-state index contributed by atoms with van der Waals surface area (Å²) in [5.74, 6) is 2.16. The SMILES string of the molecule is CNCC1CCC(C(C)(C)C)CC1c1ccn(C)n1. The number of hydrogen-bond acceptors (Lipinski definition) is 2. The number of nitrogens with one attached hydrogen (secondary N) is 1. The predicted octanol–water partition coefficient (Wildman–Crippen LogP) is 3.19. The lowest BCUT2D eigenvalue weighted by atomic mass is 9.65. The van der Waals surface area contributed by atoms with Crippen LogP contribution in [-0.4, -0.2) is 23.4 Å². The highest BCUT2D eigenvalue weighted by atomic mass is 15.2. The van der Waals surface area contributed by atoms with E-state index in [-0.39, 0.29) is 0 Å². The fourth-order valence-electron chi connectivity index (χ4n) is 3.52. The second-order valence-electron chi connectivity index (χ2n) is 7.21. The van der Waals surface area contributed by atoms with Gasteiger partial charge < -0.3 is 5.32 Å². The fraction of sp³-hybridized carbons (Fsp3) is 0.812. The highest BCUT2D eigenvalue weighted by Gasteiger charge is 2.37. The standard InChI is InChI=1S/C16H29N3/c1-16(2,3)13-7-6-12(11-17-4)14(10-13)15-8-9-19(5)18-15/h8-9,12-14,17H,6-7,10-11H2,1-5H3. The molecule has 0 saturated heterocycles. The van der Waals surface area contributed by atoms with Crippen LogP contribution in [0.25, 0.3) is 0 Å². The summed E-state index contributed by atoms with van der Waals surface area (Å²) in [6.07, 6.45) is 6.04. The van der Waals surface area contributed by atoms with E-state index in [1.54, 1.807) is 0 Å². The van der Waals surface area contributed by atoms with Gasteiger partial charge in [-0.1, -0.05) is 20.8 Å². The second kappa shape index (κ2) is 5.66. The molecule has 1 aliphatic carbocycles. The number of aryl methyl sites for hydroxylation is 1. The Morgan fingerprint density at radius 2 is 2.11 bits per heavy atom. The van der Waals surface area contributed by atoms with Crippen LogP contribution in [0.2, 0.25) is 0 Å². The van der Waals surface area contributed by atoms with Gasteiger partial charge in [0, 0.05) is 19.2 Å². The molecule has 1 fully saturated rings. The van der Waals surface area contributed by atoms with Crippen molar-refractivity contribution in [1.82, 2.24) is 15.1 Å². The summed E-state index contributed by atoms with van der Waals surface area (Å²) >= 11 is 0. The first-order valence-corrected chi connectivity index (χ1v) is 7.56. The second-order valence-corrected chi connectivity index (χ2v) is 7.21. The maximum Gasteiger partial charge on any atom is 0.0658 e. The average molecular weight is 263 g/mol. The first-order valence-electron chi connectivity index (χ1n) is 7.56. The molecule has 3 nitrogen and oxygen atoms in total. The largest absolute Gasteiger partial charge is 0.319 e. The van der Waals surface area contributed by atoms with Crippen LogP contribution in [0.1, 0.15) is 51.6 Å². The molecule has 3 atom stereocenters. The molecule has 1 aliphatic rings. The number of hydrogen-bond donors (Lipinski definition) is 1. The van der Waals surface area contributed by atoms with Gasteiger partial charge in [0.05, 0.1) is 5.69 Å². The van der Waals surface area contributed by atoms with Crippen LogP contribution in [0, 0.1) is 17.3 Å². The molecule has 0 aliphatic heterocycles. The third-order valence-electron chi connectivity index (χ3n) is 4.80. The van der Waals surface area contributed by atoms with Gasteiger partial charge in [-0.3, -0.25) is 4.68 Å². The Morgan fingerprint density at radius 3 is 2.63 bits per heavy atom. The molecule has 2 rings (SSSR count). The molecule has 108 valence electrons. The first kappa shape index (κ1) is 14.6. The van der Waals surface area contributed by atoms with Gasteiger partial charge in [0.15, 0.2) is 0 Å². The van der Waals surface area contributed by atoms with E-state index in [1.165, 1.54) is 25.0 Å². The van der Waals surface area contributed by atoms with E-state index in [1.807, 2.05) is 11.7 Å². The summed E-state index contributed by atoms with van der Waals surface area (Å²) in [4.78, 5) is 0. The number of aromatic nitrogens is 2. The zero-order valence-corrected chi connectivity index (χ0v) is 13.1. The lowest BCUT2D eigenvalue weighted by molar-refractivity contribution is 0.128. The van der Waals surface area contributed by atoms with Crippen LogP contribution in [0.3, 0.4) is 0 Å². The van der Waals surface area contributed by atoms with Crippen LogP contribution in [0.5, 0.6) is 0 Å². The van der Waals surface area contributed by atoms with Crippen molar-refractivity contribution in [1.29, 1.82) is 0 Å². The van der Waals surface area contributed by atoms with E-state index < -0.39 is 0 Å². The van der Waals surface area contributed by atoms with Gasteiger partial charge in [-0.15, -0.1) is 0 Å². The minimum absolute atomic E-state index is 0.414. The minimum Gasteiger partial charge on any atom is -0.319 e. The Balaban J connectivity index is 2.17. The van der Waals surface area contributed by atoms with Crippen molar-refractivity contribution in [2.75, 3.05) is 13.6 Å². The molecule has 0 radical (unpaired) electrons. The van der Waals surface area contributed by atoms with E-state index >= 15 is 0 Å². The lowest BCUT2D eigenvalue weighted by Crippen LogP contribution is -2.35. The Morgan fingerprint density at radius 1 is 1.37 bits per heavy atom. The van der Waals surface area contributed by atoms with Crippen molar-refractivity contribution in [3.8, 4) is 0 Å². The van der Waals surface area contributed by atoms with E-state index in [2.05, 4.69) is 50.5 Å². The summed E-state index contributed by atoms with van der Waals surface area (Å²) in [6.45, 7) is 8.25. The zero-order valence-electron chi connectivity index (χ0n) is 13.1. The summed E-state index contributed by atoms with van der Waals surface area (Å²) < 4.78 is 1.94. The van der Waals surface area contributed by atoms with Gasteiger partial charge in [-0.05, 0) is 56.2 Å². The molecule has 0 bridgehead atoms. The molecule has 1 N–H and O–H groups in total. The molecular weight excluding hydrogens is 234 g/mol. The number of nitrogens with zero attached hydrogens (tertiary/aromatic N) is 2. The summed E-state index contributed by atoms with van der Waals surface area (Å²) in [5, 5.41) is 8.04. The average Bonchev–Trinajstić information content (AvgIpc) is 2.75. The Bertz CT molecular complexity index is 402. The Kier molecular flexibility index (Phi) is 4.34. The van der Waals surface area contributed by atoms with Gasteiger partial charge in [-0.2, -0.15) is 5.10 Å². The Hall–Kier alpha value is -0.830. The fourth-order valence-corrected chi connectivity index (χ4v) is 3.52. The zero-order chi connectivity index (χ0) is 14.0. The van der Waals surface area contributed by atoms with Crippen LogP contribution in [0.15, 0.2) is 12.3 Å². The van der Waals surface area contributed by atoms with Gasteiger partial charge in [0.25, 0.3) is 0 Å². The van der Waals surface area contributed by atoms with Crippen molar-refractivity contribution in [3.63, 3.8) is 0 Å². The quantitative estimate of drug-likeness (QED) is 0.907. The smallest absolute Gasteiger partial charge is 0.0658 e. The molecule has 1 aromatic heterocycles. The third kappa shape index (κ3) is 3.38. The van der Waals surface area contributed by atoms with Crippen molar-refractivity contribution >= 4 is 0 Å². The van der Waals surface area contributed by atoms with Crippen molar-refractivity contribution < 1.29 is 0 Å². The molecular formula is C16H29N3. The minimum atomic E-state index is 0.414. The molecule has 0 amide bonds. The molecule has 3 unspecified atom stereocenters. The highest BCUT2D eigenvalue weighted by molar-refractivity contribution is 5.10. The molecule has 19 heavy (non-hydrogen) atoms. The molecule has 1 saturated carbocycles. The van der Waals surface area contributed by atoms with Crippen molar-refractivity contribution in [3.05, 3.63) is 18.0 Å². The number of rotatable bonds is 3. The summed E-state index contributed by atoms with van der Waals surface area (Å²) in [6, 6.07) is 2.21. The van der Waals surface area contributed by atoms with Gasteiger partial charge in [0.1, 0.15) is 0 Å². The van der Waals surface area contributed by atoms with Gasteiger partial charge >= 0.3 is 0 Å².